The topological polar surface area (TPSA) is 120 Å². The van der Waals surface area contributed by atoms with Crippen molar-refractivity contribution in [3.05, 3.63) is 74.8 Å². The highest BCUT2D eigenvalue weighted by Crippen LogP contribution is 2.21. The highest BCUT2D eigenvalue weighted by molar-refractivity contribution is 5.98. The van der Waals surface area contributed by atoms with Crippen molar-refractivity contribution in [2.45, 2.75) is 6.92 Å². The minimum absolute atomic E-state index is 0.0921. The Bertz CT molecular complexity index is 988. The third-order valence-corrected chi connectivity index (χ3v) is 3.53. The van der Waals surface area contributed by atoms with Crippen molar-refractivity contribution in [1.29, 1.82) is 5.26 Å². The molecule has 0 aliphatic heterocycles. The van der Waals surface area contributed by atoms with Crippen molar-refractivity contribution in [1.82, 2.24) is 0 Å². The quantitative estimate of drug-likeness (QED) is 0.199. The average Bonchev–Trinajstić information content (AvgIpc) is 2.65. The van der Waals surface area contributed by atoms with E-state index in [9.17, 15) is 19.7 Å². The summed E-state index contributed by atoms with van der Waals surface area (Å²) >= 11 is 0. The van der Waals surface area contributed by atoms with Crippen molar-refractivity contribution in [3.63, 3.8) is 0 Å². The zero-order chi connectivity index (χ0) is 20.0. The van der Waals surface area contributed by atoms with Gasteiger partial charge in [-0.25, -0.2) is 9.59 Å². The lowest BCUT2D eigenvalue weighted by Crippen LogP contribution is -2.09. The number of carbonyl (C=O) groups excluding carboxylic acids is 2. The molecule has 0 spiro atoms. The van der Waals surface area contributed by atoms with Gasteiger partial charge < -0.3 is 9.47 Å². The highest BCUT2D eigenvalue weighted by atomic mass is 16.6. The fourth-order valence-electron chi connectivity index (χ4n) is 2.23. The van der Waals surface area contributed by atoms with Gasteiger partial charge in [0.15, 0.2) is 0 Å². The van der Waals surface area contributed by atoms with Gasteiger partial charge in [0, 0.05) is 11.6 Å². The number of methoxy groups -OCH3 is 1. The molecule has 0 atom stereocenters. The van der Waals surface area contributed by atoms with Crippen LogP contribution in [0.15, 0.2) is 48.0 Å². The number of nitrogens with zero attached hydrogens (tertiary/aromatic N) is 2. The third kappa shape index (κ3) is 4.76. The Morgan fingerprint density at radius 1 is 1.22 bits per heavy atom. The molecule has 8 nitrogen and oxygen atoms in total. The molecule has 0 bridgehead atoms. The summed E-state index contributed by atoms with van der Waals surface area (Å²) in [6.45, 7) is 1.52. The molecule has 0 heterocycles. The van der Waals surface area contributed by atoms with Crippen LogP contribution in [0.5, 0.6) is 5.75 Å². The lowest BCUT2D eigenvalue weighted by atomic mass is 10.1. The molecule has 0 saturated carbocycles. The molecular weight excluding hydrogens is 352 g/mol. The summed E-state index contributed by atoms with van der Waals surface area (Å²) < 4.78 is 9.76. The molecule has 0 radical (unpaired) electrons. The van der Waals surface area contributed by atoms with Crippen molar-refractivity contribution in [2.75, 3.05) is 7.11 Å². The predicted octanol–water partition coefficient (Wildman–Crippen LogP) is 3.20. The zero-order valence-corrected chi connectivity index (χ0v) is 14.5. The normalized spacial score (nSPS) is 10.6. The molecule has 136 valence electrons. The van der Waals surface area contributed by atoms with Crippen LogP contribution in [0.25, 0.3) is 6.08 Å². The van der Waals surface area contributed by atoms with Crippen molar-refractivity contribution >= 4 is 23.7 Å². The van der Waals surface area contributed by atoms with E-state index in [4.69, 9.17) is 10.00 Å². The first-order valence-electron chi connectivity index (χ1n) is 7.63. The second kappa shape index (κ2) is 8.40. The molecule has 27 heavy (non-hydrogen) atoms. The first kappa shape index (κ1) is 19.3. The van der Waals surface area contributed by atoms with Gasteiger partial charge in [0.2, 0.25) is 0 Å². The molecule has 0 N–H and O–H groups in total. The number of nitro groups is 1. The zero-order valence-electron chi connectivity index (χ0n) is 14.5. The number of nitro benzene ring substituents is 1. The lowest BCUT2D eigenvalue weighted by molar-refractivity contribution is -0.385. The summed E-state index contributed by atoms with van der Waals surface area (Å²) in [7, 11) is 1.16. The number of hydrogen-bond donors (Lipinski definition) is 0. The number of carbonyl (C=O) groups is 2. The monoisotopic (exact) mass is 366 g/mol. The highest BCUT2D eigenvalue weighted by Gasteiger charge is 2.15. The smallest absolute Gasteiger partial charge is 0.348 e. The predicted molar refractivity (Wildman–Crippen MR) is 94.8 cm³/mol. The molecule has 0 aliphatic carbocycles. The largest absolute Gasteiger partial charge is 0.465 e. The number of ether oxygens (including phenoxy) is 2. The second-order valence-electron chi connectivity index (χ2n) is 5.38. The van der Waals surface area contributed by atoms with Crippen LogP contribution in [0.2, 0.25) is 0 Å². The molecular formula is C19H14N2O6. The van der Waals surface area contributed by atoms with E-state index < -0.39 is 16.9 Å². The molecule has 8 heteroatoms. The van der Waals surface area contributed by atoms with Gasteiger partial charge in [-0.2, -0.15) is 5.26 Å². The Kier molecular flexibility index (Phi) is 6.02. The van der Waals surface area contributed by atoms with E-state index in [2.05, 4.69) is 4.74 Å². The van der Waals surface area contributed by atoms with E-state index in [1.807, 2.05) is 0 Å². The van der Waals surface area contributed by atoms with E-state index in [1.54, 1.807) is 18.2 Å². The van der Waals surface area contributed by atoms with Crippen LogP contribution < -0.4 is 4.74 Å². The number of rotatable bonds is 5. The summed E-state index contributed by atoms with van der Waals surface area (Å²) in [5, 5.41) is 19.8. The Balaban J connectivity index is 2.23. The molecule has 2 rings (SSSR count). The third-order valence-electron chi connectivity index (χ3n) is 3.53. The molecule has 0 fully saturated rings. The number of hydrogen-bond acceptors (Lipinski definition) is 7. The fourth-order valence-corrected chi connectivity index (χ4v) is 2.23. The molecule has 0 aromatic heterocycles. The summed E-state index contributed by atoms with van der Waals surface area (Å²) in [4.78, 5) is 34.0. The molecule has 2 aromatic rings. The Hall–Kier alpha value is -3.99. The van der Waals surface area contributed by atoms with Gasteiger partial charge in [0.05, 0.1) is 17.6 Å². The summed E-state index contributed by atoms with van der Waals surface area (Å²) in [5.41, 5.74) is 0.661. The van der Waals surface area contributed by atoms with Crippen molar-refractivity contribution in [3.8, 4) is 11.8 Å². The lowest BCUT2D eigenvalue weighted by Gasteiger charge is -2.06. The minimum atomic E-state index is -0.777. The van der Waals surface area contributed by atoms with Gasteiger partial charge in [0.25, 0.3) is 5.69 Å². The molecule has 0 unspecified atom stereocenters. The first-order chi connectivity index (χ1) is 12.8. The standard InChI is InChI=1S/C19H14N2O6/c1-12-8-14(6-7-17(12)21(24)25)19(23)27-16-5-3-4-13(10-16)9-15(11-20)18(22)26-2/h3-10H,1-2H3/b15-9+. The van der Waals surface area contributed by atoms with E-state index >= 15 is 0 Å². The van der Waals surface area contributed by atoms with Gasteiger partial charge in [-0.1, -0.05) is 12.1 Å². The Morgan fingerprint density at radius 3 is 2.56 bits per heavy atom. The summed E-state index contributed by atoms with van der Waals surface area (Å²) in [6, 6.07) is 11.8. The fraction of sp³-hybridized carbons (Fsp3) is 0.105. The Labute approximate surface area is 154 Å². The number of esters is 2. The Morgan fingerprint density at radius 2 is 1.96 bits per heavy atom. The van der Waals surface area contributed by atoms with Crippen LogP contribution in [0.4, 0.5) is 5.69 Å². The molecule has 2 aromatic carbocycles. The number of benzene rings is 2. The van der Waals surface area contributed by atoms with E-state index in [-0.39, 0.29) is 22.6 Å². The van der Waals surface area contributed by atoms with Crippen LogP contribution in [0.3, 0.4) is 0 Å². The average molecular weight is 366 g/mol. The van der Waals surface area contributed by atoms with Crippen molar-refractivity contribution < 1.29 is 24.0 Å². The summed E-state index contributed by atoms with van der Waals surface area (Å²) in [5.74, 6) is -1.28. The molecule has 0 aliphatic rings. The van der Waals surface area contributed by atoms with Crippen molar-refractivity contribution in [2.24, 2.45) is 0 Å². The van der Waals surface area contributed by atoms with Crippen LogP contribution in [-0.2, 0) is 9.53 Å². The summed E-state index contributed by atoms with van der Waals surface area (Å²) in [6.07, 6.45) is 1.30. The number of nitriles is 1. The second-order valence-corrected chi connectivity index (χ2v) is 5.38. The maximum absolute atomic E-state index is 12.3. The van der Waals surface area contributed by atoms with Crippen LogP contribution in [0.1, 0.15) is 21.5 Å². The minimum Gasteiger partial charge on any atom is -0.465 e. The van der Waals surface area contributed by atoms with Crippen LogP contribution >= 0.6 is 0 Å². The van der Waals surface area contributed by atoms with Gasteiger partial charge in [-0.3, -0.25) is 10.1 Å². The van der Waals surface area contributed by atoms with Gasteiger partial charge >= 0.3 is 11.9 Å². The maximum Gasteiger partial charge on any atom is 0.348 e. The van der Waals surface area contributed by atoms with Gasteiger partial charge in [-0.15, -0.1) is 0 Å². The molecule has 0 amide bonds. The van der Waals surface area contributed by atoms with Crippen LogP contribution in [-0.4, -0.2) is 24.0 Å². The van der Waals surface area contributed by atoms with E-state index in [1.165, 1.54) is 43.3 Å². The molecule has 0 saturated heterocycles. The number of aryl methyl sites for hydroxylation is 1. The van der Waals surface area contributed by atoms with E-state index in [0.29, 0.717) is 11.1 Å². The van der Waals surface area contributed by atoms with Crippen LogP contribution in [0, 0.1) is 28.4 Å². The van der Waals surface area contributed by atoms with Gasteiger partial charge in [0.1, 0.15) is 17.4 Å². The SMILES string of the molecule is COC(=O)/C(C#N)=C/c1cccc(OC(=O)c2ccc([N+](=O)[O-])c(C)c2)c1. The van der Waals surface area contributed by atoms with E-state index in [0.717, 1.165) is 7.11 Å². The maximum atomic E-state index is 12.3. The first-order valence-corrected chi connectivity index (χ1v) is 7.63. The van der Waals surface area contributed by atoms with Gasteiger partial charge in [-0.05, 0) is 42.8 Å².